The molecular formula is C21H23FN4OS. The van der Waals surface area contributed by atoms with Crippen LogP contribution in [0.25, 0.3) is 21.5 Å². The highest BCUT2D eigenvalue weighted by Gasteiger charge is 2.12. The van der Waals surface area contributed by atoms with Gasteiger partial charge in [0.1, 0.15) is 11.5 Å². The Labute approximate surface area is 167 Å². The fraction of sp³-hybridized carbons (Fsp3) is 0.238. The topological polar surface area (TPSA) is 83.8 Å². The van der Waals surface area contributed by atoms with Crippen molar-refractivity contribution in [2.75, 3.05) is 13.1 Å². The Morgan fingerprint density at radius 3 is 2.86 bits per heavy atom. The molecule has 0 saturated carbocycles. The summed E-state index contributed by atoms with van der Waals surface area (Å²) in [7, 11) is 0. The molecular weight excluding hydrogens is 375 g/mol. The van der Waals surface area contributed by atoms with Crippen molar-refractivity contribution in [2.24, 2.45) is 5.73 Å². The number of aromatic amines is 1. The van der Waals surface area contributed by atoms with Crippen LogP contribution in [0, 0.1) is 0 Å². The smallest absolute Gasteiger partial charge is 0.261 e. The average molecular weight is 399 g/mol. The van der Waals surface area contributed by atoms with Gasteiger partial charge in [-0.1, -0.05) is 11.6 Å². The number of H-pyrrole nitrogens is 1. The second-order valence-corrected chi connectivity index (χ2v) is 7.52. The van der Waals surface area contributed by atoms with E-state index in [9.17, 15) is 9.18 Å². The van der Waals surface area contributed by atoms with Crippen LogP contribution in [0.3, 0.4) is 0 Å². The third-order valence-corrected chi connectivity index (χ3v) is 5.41. The van der Waals surface area contributed by atoms with Crippen molar-refractivity contribution in [3.8, 4) is 10.4 Å². The number of nitrogens with one attached hydrogen (secondary N) is 2. The maximum absolute atomic E-state index is 12.2. The minimum Gasteiger partial charge on any atom is -0.350 e. The van der Waals surface area contributed by atoms with E-state index in [0.29, 0.717) is 24.4 Å². The molecule has 0 atom stereocenters. The molecule has 1 aliphatic carbocycles. The predicted octanol–water partition coefficient (Wildman–Crippen LogP) is 4.56. The monoisotopic (exact) mass is 398 g/mol. The Kier molecular flexibility index (Phi) is 6.73. The molecule has 4 N–H and O–H groups in total. The van der Waals surface area contributed by atoms with Crippen LogP contribution in [0.1, 0.15) is 29.4 Å². The zero-order chi connectivity index (χ0) is 19.9. The van der Waals surface area contributed by atoms with E-state index in [1.807, 2.05) is 43.5 Å². The zero-order valence-electron chi connectivity index (χ0n) is 15.7. The summed E-state index contributed by atoms with van der Waals surface area (Å²) in [5.74, 6) is -0.0679. The van der Waals surface area contributed by atoms with E-state index >= 15 is 0 Å². The van der Waals surface area contributed by atoms with Crippen LogP contribution >= 0.6 is 11.3 Å². The molecule has 0 saturated heterocycles. The number of pyridine rings is 1. The first-order chi connectivity index (χ1) is 13.6. The number of thiophene rings is 1. The van der Waals surface area contributed by atoms with Crippen LogP contribution in [0.15, 0.2) is 60.2 Å². The number of hydrogen-bond acceptors (Lipinski definition) is 4. The molecule has 3 aromatic rings. The maximum Gasteiger partial charge on any atom is 0.261 e. The van der Waals surface area contributed by atoms with Gasteiger partial charge in [0.15, 0.2) is 0 Å². The van der Waals surface area contributed by atoms with Crippen molar-refractivity contribution in [3.05, 3.63) is 65.1 Å². The average Bonchev–Trinajstić information content (AvgIpc) is 3.38. The lowest BCUT2D eigenvalue weighted by molar-refractivity contribution is 0.0959. The number of allylic oxidation sites excluding steroid dienone is 4. The molecule has 0 bridgehead atoms. The van der Waals surface area contributed by atoms with E-state index in [4.69, 9.17) is 5.73 Å². The Hall–Kier alpha value is -2.77. The number of aromatic nitrogens is 2. The summed E-state index contributed by atoms with van der Waals surface area (Å²) in [6, 6.07) is 7.75. The molecule has 0 aliphatic heterocycles. The molecule has 5 nitrogen and oxygen atoms in total. The van der Waals surface area contributed by atoms with Crippen molar-refractivity contribution >= 4 is 28.3 Å². The SMILES string of the molecule is CC1=CC=C(F)CC1.NCCNC(=O)c1ccc(-c2ccnc3[nH]ccc23)s1. The number of amides is 1. The highest BCUT2D eigenvalue weighted by atomic mass is 32.1. The van der Waals surface area contributed by atoms with Crippen molar-refractivity contribution in [1.82, 2.24) is 15.3 Å². The van der Waals surface area contributed by atoms with Gasteiger partial charge in [0, 0.05) is 47.7 Å². The number of nitrogens with two attached hydrogens (primary N) is 1. The van der Waals surface area contributed by atoms with Gasteiger partial charge >= 0.3 is 0 Å². The van der Waals surface area contributed by atoms with Crippen molar-refractivity contribution in [1.29, 1.82) is 0 Å². The first-order valence-electron chi connectivity index (χ1n) is 9.11. The normalized spacial score (nSPS) is 13.4. The summed E-state index contributed by atoms with van der Waals surface area (Å²) in [6.07, 6.45) is 8.49. The molecule has 0 fully saturated rings. The van der Waals surface area contributed by atoms with Gasteiger partial charge in [-0.15, -0.1) is 11.3 Å². The van der Waals surface area contributed by atoms with Crippen molar-refractivity contribution in [2.45, 2.75) is 19.8 Å². The molecule has 1 amide bonds. The van der Waals surface area contributed by atoms with E-state index in [1.54, 1.807) is 12.3 Å². The van der Waals surface area contributed by atoms with Gasteiger partial charge in [0.25, 0.3) is 5.91 Å². The fourth-order valence-electron chi connectivity index (χ4n) is 2.77. The highest BCUT2D eigenvalue weighted by molar-refractivity contribution is 7.17. The van der Waals surface area contributed by atoms with Gasteiger partial charge in [-0.05, 0) is 43.7 Å². The van der Waals surface area contributed by atoms with Gasteiger partial charge < -0.3 is 16.0 Å². The molecule has 0 spiro atoms. The fourth-order valence-corrected chi connectivity index (χ4v) is 3.73. The third kappa shape index (κ3) is 4.94. The minimum atomic E-state index is -0.0777. The summed E-state index contributed by atoms with van der Waals surface area (Å²) in [5.41, 5.74) is 8.58. The second kappa shape index (κ2) is 9.43. The molecule has 28 heavy (non-hydrogen) atoms. The lowest BCUT2D eigenvalue weighted by atomic mass is 10.1. The van der Waals surface area contributed by atoms with Crippen LogP contribution in [0.5, 0.6) is 0 Å². The molecule has 7 heteroatoms. The van der Waals surface area contributed by atoms with E-state index in [-0.39, 0.29) is 11.7 Å². The number of hydrogen-bond donors (Lipinski definition) is 3. The highest BCUT2D eigenvalue weighted by Crippen LogP contribution is 2.32. The number of nitrogens with zero attached hydrogens (tertiary/aromatic N) is 1. The minimum absolute atomic E-state index is 0.00981. The Bertz CT molecular complexity index is 1000. The number of carbonyl (C=O) groups excluding carboxylic acids is 1. The third-order valence-electron chi connectivity index (χ3n) is 4.29. The van der Waals surface area contributed by atoms with Gasteiger partial charge in [0.05, 0.1) is 4.88 Å². The van der Waals surface area contributed by atoms with E-state index in [0.717, 1.165) is 27.9 Å². The van der Waals surface area contributed by atoms with E-state index in [1.165, 1.54) is 16.9 Å². The maximum atomic E-state index is 12.2. The second-order valence-electron chi connectivity index (χ2n) is 6.43. The van der Waals surface area contributed by atoms with Crippen LogP contribution in [-0.4, -0.2) is 29.0 Å². The summed E-state index contributed by atoms with van der Waals surface area (Å²) in [5, 5.41) is 3.83. The molecule has 0 unspecified atom stereocenters. The predicted molar refractivity (Wildman–Crippen MR) is 113 cm³/mol. The van der Waals surface area contributed by atoms with E-state index < -0.39 is 0 Å². The van der Waals surface area contributed by atoms with Crippen LogP contribution in [-0.2, 0) is 0 Å². The number of carbonyl (C=O) groups is 1. The molecule has 3 heterocycles. The lowest BCUT2D eigenvalue weighted by Gasteiger charge is -2.02. The summed E-state index contributed by atoms with van der Waals surface area (Å²) < 4.78 is 12.2. The van der Waals surface area contributed by atoms with Crippen molar-refractivity contribution < 1.29 is 9.18 Å². The number of fused-ring (bicyclic) bond motifs is 1. The van der Waals surface area contributed by atoms with Crippen molar-refractivity contribution in [3.63, 3.8) is 0 Å². The largest absolute Gasteiger partial charge is 0.350 e. The van der Waals surface area contributed by atoms with Crippen LogP contribution in [0.4, 0.5) is 4.39 Å². The summed E-state index contributed by atoms with van der Waals surface area (Å²) in [6.45, 7) is 2.95. The molecule has 146 valence electrons. The van der Waals surface area contributed by atoms with Gasteiger partial charge in [-0.2, -0.15) is 0 Å². The van der Waals surface area contributed by atoms with Crippen LogP contribution in [0.2, 0.25) is 0 Å². The molecule has 0 radical (unpaired) electrons. The summed E-state index contributed by atoms with van der Waals surface area (Å²) in [4.78, 5) is 21.0. The first kappa shape index (κ1) is 20.0. The molecule has 3 aromatic heterocycles. The van der Waals surface area contributed by atoms with Gasteiger partial charge in [-0.3, -0.25) is 4.79 Å². The lowest BCUT2D eigenvalue weighted by Crippen LogP contribution is -2.28. The quantitative estimate of drug-likeness (QED) is 0.602. The number of halogens is 1. The summed E-state index contributed by atoms with van der Waals surface area (Å²) >= 11 is 1.47. The van der Waals surface area contributed by atoms with Crippen LogP contribution < -0.4 is 11.1 Å². The van der Waals surface area contributed by atoms with Gasteiger partial charge in [0.2, 0.25) is 0 Å². The molecule has 4 rings (SSSR count). The zero-order valence-corrected chi connectivity index (χ0v) is 16.5. The Balaban J connectivity index is 0.000000236. The Morgan fingerprint density at radius 2 is 2.14 bits per heavy atom. The molecule has 1 aliphatic rings. The Morgan fingerprint density at radius 1 is 1.29 bits per heavy atom. The van der Waals surface area contributed by atoms with E-state index in [2.05, 4.69) is 15.3 Å². The first-order valence-corrected chi connectivity index (χ1v) is 9.92. The van der Waals surface area contributed by atoms with Gasteiger partial charge in [-0.25, -0.2) is 9.37 Å². The number of rotatable bonds is 4. The standard InChI is InChI=1S/C14H14N4OS.C7H9F/c15-5-8-18-14(19)12-2-1-11(20-12)9-3-6-16-13-10(9)4-7-17-13;1-6-2-4-7(8)5-3-6/h1-4,6-7H,5,8,15H2,(H,16,17)(H,18,19);2,4H,3,5H2,1H3. The molecule has 0 aromatic carbocycles.